The number of carbonyl (C=O) groups is 1. The predicted octanol–water partition coefficient (Wildman–Crippen LogP) is 2.18. The number of rotatable bonds is 3. The fourth-order valence-electron chi connectivity index (χ4n) is 2.08. The van der Waals surface area contributed by atoms with E-state index in [1.165, 1.54) is 6.42 Å². The van der Waals surface area contributed by atoms with Crippen molar-refractivity contribution in [1.29, 1.82) is 0 Å². The van der Waals surface area contributed by atoms with Gasteiger partial charge in [-0.05, 0) is 32.6 Å². The van der Waals surface area contributed by atoms with E-state index in [-0.39, 0.29) is 5.25 Å². The molecule has 15 heavy (non-hydrogen) atoms. The Kier molecular flexibility index (Phi) is 3.93. The number of carboxylic acid groups (broad SMARTS) is 1. The minimum absolute atomic E-state index is 0.0693. The molecular weight excluding hydrogens is 212 g/mol. The van der Waals surface area contributed by atoms with Crippen molar-refractivity contribution in [2.24, 2.45) is 5.92 Å². The fraction of sp³-hybridized carbons (Fsp3) is 0.909. The number of hydrogen-bond donors (Lipinski definition) is 1. The SMILES string of the molecule is CC1CCCC(S(=O)C(C)(C)C(=O)O)C1. The quantitative estimate of drug-likeness (QED) is 0.811. The Hall–Kier alpha value is -0.380. The summed E-state index contributed by atoms with van der Waals surface area (Å²) in [6.07, 6.45) is 4.07. The standard InChI is InChI=1S/C11H20O3S/c1-8-5-4-6-9(7-8)15(14)11(2,3)10(12)13/h8-9H,4-7H2,1-3H3,(H,12,13). The third kappa shape index (κ3) is 2.80. The van der Waals surface area contributed by atoms with Crippen molar-refractivity contribution in [2.45, 2.75) is 56.5 Å². The molecule has 0 bridgehead atoms. The summed E-state index contributed by atoms with van der Waals surface area (Å²) < 4.78 is 11.0. The van der Waals surface area contributed by atoms with Crippen molar-refractivity contribution in [3.05, 3.63) is 0 Å². The monoisotopic (exact) mass is 232 g/mol. The van der Waals surface area contributed by atoms with Crippen LogP contribution in [0, 0.1) is 5.92 Å². The lowest BCUT2D eigenvalue weighted by molar-refractivity contribution is -0.139. The lowest BCUT2D eigenvalue weighted by atomic mass is 9.90. The first-order chi connectivity index (χ1) is 6.85. The van der Waals surface area contributed by atoms with E-state index >= 15 is 0 Å². The van der Waals surface area contributed by atoms with Crippen molar-refractivity contribution in [1.82, 2.24) is 0 Å². The van der Waals surface area contributed by atoms with Crippen LogP contribution in [0.15, 0.2) is 0 Å². The molecule has 3 atom stereocenters. The Morgan fingerprint density at radius 3 is 2.47 bits per heavy atom. The highest BCUT2D eigenvalue weighted by Gasteiger charge is 2.39. The highest BCUT2D eigenvalue weighted by molar-refractivity contribution is 7.87. The first-order valence-electron chi connectivity index (χ1n) is 5.49. The van der Waals surface area contributed by atoms with E-state index in [4.69, 9.17) is 5.11 Å². The van der Waals surface area contributed by atoms with Gasteiger partial charge in [0, 0.05) is 16.0 Å². The van der Waals surface area contributed by atoms with Gasteiger partial charge >= 0.3 is 5.97 Å². The Balaban J connectivity index is 2.71. The fourth-order valence-corrected chi connectivity index (χ4v) is 3.97. The van der Waals surface area contributed by atoms with Crippen LogP contribution in [0.4, 0.5) is 0 Å². The molecule has 0 amide bonds. The summed E-state index contributed by atoms with van der Waals surface area (Å²) in [6, 6.07) is 0. The molecular formula is C11H20O3S. The van der Waals surface area contributed by atoms with Gasteiger partial charge in [0.1, 0.15) is 4.75 Å². The smallest absolute Gasteiger partial charge is 0.321 e. The van der Waals surface area contributed by atoms with Crippen molar-refractivity contribution in [3.8, 4) is 0 Å². The Morgan fingerprint density at radius 1 is 1.40 bits per heavy atom. The van der Waals surface area contributed by atoms with Gasteiger partial charge < -0.3 is 5.11 Å². The average Bonchev–Trinajstić information content (AvgIpc) is 2.16. The van der Waals surface area contributed by atoms with Gasteiger partial charge in [-0.2, -0.15) is 0 Å². The van der Waals surface area contributed by atoms with Crippen LogP contribution >= 0.6 is 0 Å². The van der Waals surface area contributed by atoms with Gasteiger partial charge in [0.2, 0.25) is 0 Å². The zero-order valence-electron chi connectivity index (χ0n) is 9.66. The van der Waals surface area contributed by atoms with Gasteiger partial charge in [-0.25, -0.2) is 0 Å². The van der Waals surface area contributed by atoms with Crippen molar-refractivity contribution < 1.29 is 14.1 Å². The van der Waals surface area contributed by atoms with Crippen LogP contribution in [-0.4, -0.2) is 25.3 Å². The molecule has 0 heterocycles. The normalized spacial score (nSPS) is 29.8. The molecule has 0 aromatic rings. The largest absolute Gasteiger partial charge is 0.480 e. The van der Waals surface area contributed by atoms with Gasteiger partial charge in [-0.1, -0.05) is 19.8 Å². The molecule has 1 aliphatic rings. The third-order valence-electron chi connectivity index (χ3n) is 3.21. The van der Waals surface area contributed by atoms with Gasteiger partial charge in [0.15, 0.2) is 0 Å². The predicted molar refractivity (Wildman–Crippen MR) is 61.3 cm³/mol. The molecule has 0 radical (unpaired) electrons. The van der Waals surface area contributed by atoms with E-state index in [0.717, 1.165) is 19.3 Å². The van der Waals surface area contributed by atoms with Gasteiger partial charge in [-0.15, -0.1) is 0 Å². The number of hydrogen-bond acceptors (Lipinski definition) is 2. The number of aliphatic carboxylic acids is 1. The molecule has 88 valence electrons. The van der Waals surface area contributed by atoms with E-state index in [9.17, 15) is 9.00 Å². The Morgan fingerprint density at radius 2 is 2.00 bits per heavy atom. The van der Waals surface area contributed by atoms with Gasteiger partial charge in [-0.3, -0.25) is 9.00 Å². The molecule has 0 aromatic heterocycles. The van der Waals surface area contributed by atoms with E-state index < -0.39 is 21.5 Å². The molecule has 1 rings (SSSR count). The third-order valence-corrected chi connectivity index (χ3v) is 5.42. The molecule has 1 N–H and O–H groups in total. The summed E-state index contributed by atoms with van der Waals surface area (Å²) in [6.45, 7) is 5.27. The molecule has 0 spiro atoms. The molecule has 3 unspecified atom stereocenters. The summed E-state index contributed by atoms with van der Waals surface area (Å²) in [5, 5.41) is 9.08. The lowest BCUT2D eigenvalue weighted by Crippen LogP contribution is -2.42. The van der Waals surface area contributed by atoms with Crippen LogP contribution in [0.25, 0.3) is 0 Å². The summed E-state index contributed by atoms with van der Waals surface area (Å²) in [4.78, 5) is 11.0. The zero-order valence-corrected chi connectivity index (χ0v) is 10.5. The molecule has 0 saturated heterocycles. The minimum Gasteiger partial charge on any atom is -0.480 e. The highest BCUT2D eigenvalue weighted by atomic mass is 32.2. The summed E-state index contributed by atoms with van der Waals surface area (Å²) in [5.74, 6) is -0.378. The molecule has 4 heteroatoms. The molecule has 3 nitrogen and oxygen atoms in total. The molecule has 0 aromatic carbocycles. The van der Waals surface area contributed by atoms with Crippen molar-refractivity contribution in [2.75, 3.05) is 0 Å². The first kappa shape index (κ1) is 12.7. The Bertz CT molecular complexity index is 273. The maximum absolute atomic E-state index is 12.1. The zero-order chi connectivity index (χ0) is 11.6. The lowest BCUT2D eigenvalue weighted by Gasteiger charge is -2.31. The molecule has 1 saturated carbocycles. The van der Waals surface area contributed by atoms with Gasteiger partial charge in [0.25, 0.3) is 0 Å². The van der Waals surface area contributed by atoms with Crippen molar-refractivity contribution >= 4 is 16.8 Å². The second-order valence-corrected chi connectivity index (χ2v) is 7.29. The molecule has 1 fully saturated rings. The van der Waals surface area contributed by atoms with E-state index in [0.29, 0.717) is 5.92 Å². The van der Waals surface area contributed by atoms with Crippen molar-refractivity contribution in [3.63, 3.8) is 0 Å². The van der Waals surface area contributed by atoms with Crippen LogP contribution < -0.4 is 0 Å². The second kappa shape index (κ2) is 4.64. The highest BCUT2D eigenvalue weighted by Crippen LogP contribution is 2.31. The Labute approximate surface area is 93.7 Å². The van der Waals surface area contributed by atoms with E-state index in [2.05, 4.69) is 6.92 Å². The van der Waals surface area contributed by atoms with Gasteiger partial charge in [0.05, 0.1) is 0 Å². The topological polar surface area (TPSA) is 54.4 Å². The van der Waals surface area contributed by atoms with Crippen LogP contribution in [0.5, 0.6) is 0 Å². The maximum atomic E-state index is 12.1. The van der Waals surface area contributed by atoms with E-state index in [1.54, 1.807) is 13.8 Å². The summed E-state index contributed by atoms with van der Waals surface area (Å²) >= 11 is 0. The van der Waals surface area contributed by atoms with Crippen LogP contribution in [0.3, 0.4) is 0 Å². The minimum atomic E-state index is -1.27. The van der Waals surface area contributed by atoms with Crippen LogP contribution in [0.1, 0.15) is 46.5 Å². The average molecular weight is 232 g/mol. The summed E-state index contributed by atoms with van der Waals surface area (Å²) in [7, 11) is -1.27. The molecule has 0 aliphatic heterocycles. The first-order valence-corrected chi connectivity index (χ1v) is 6.71. The molecule has 1 aliphatic carbocycles. The maximum Gasteiger partial charge on any atom is 0.321 e. The number of carboxylic acids is 1. The summed E-state index contributed by atoms with van der Waals surface area (Å²) in [5.41, 5.74) is 0. The van der Waals surface area contributed by atoms with Crippen LogP contribution in [0.2, 0.25) is 0 Å². The second-order valence-electron chi connectivity index (χ2n) is 5.01. The van der Waals surface area contributed by atoms with E-state index in [1.807, 2.05) is 0 Å². The van der Waals surface area contributed by atoms with Crippen LogP contribution in [-0.2, 0) is 15.6 Å².